The van der Waals surface area contributed by atoms with E-state index in [4.69, 9.17) is 10.8 Å². The molecule has 0 fully saturated rings. The summed E-state index contributed by atoms with van der Waals surface area (Å²) in [5.74, 6) is -1.03. The number of hydrogen-bond donors (Lipinski definition) is 4. The highest BCUT2D eigenvalue weighted by Gasteiger charge is 2.31. The van der Waals surface area contributed by atoms with Gasteiger partial charge in [0.15, 0.2) is 0 Å². The van der Waals surface area contributed by atoms with Gasteiger partial charge in [-0.1, -0.05) is 18.2 Å². The number of benzene rings is 1. The van der Waals surface area contributed by atoms with Crippen LogP contribution in [0, 0.1) is 0 Å². The Morgan fingerprint density at radius 1 is 1.50 bits per heavy atom. The van der Waals surface area contributed by atoms with Gasteiger partial charge in [-0.15, -0.1) is 0 Å². The minimum atomic E-state index is -1.03. The molecule has 1 aromatic carbocycles. The zero-order valence-electron chi connectivity index (χ0n) is 8.82. The van der Waals surface area contributed by atoms with Gasteiger partial charge in [-0.3, -0.25) is 5.32 Å². The number of carbonyl (C=O) groups is 1. The van der Waals surface area contributed by atoms with E-state index >= 15 is 0 Å². The quantitative estimate of drug-likeness (QED) is 0.541. The Kier molecular flexibility index (Phi) is 2.41. The van der Waals surface area contributed by atoms with Gasteiger partial charge in [0, 0.05) is 11.3 Å². The molecule has 0 aromatic heterocycles. The van der Waals surface area contributed by atoms with Crippen LogP contribution in [0.25, 0.3) is 0 Å². The van der Waals surface area contributed by atoms with Crippen molar-refractivity contribution in [3.63, 3.8) is 0 Å². The third-order valence-electron chi connectivity index (χ3n) is 2.66. The lowest BCUT2D eigenvalue weighted by atomic mass is 9.94. The molecule has 16 heavy (non-hydrogen) atoms. The maximum atomic E-state index is 11.0. The number of likely N-dealkylation sites (N-methyl/N-ethyl adjacent to an activating group) is 1. The lowest BCUT2D eigenvalue weighted by Crippen LogP contribution is -2.49. The van der Waals surface area contributed by atoms with E-state index in [9.17, 15) is 4.79 Å². The average Bonchev–Trinajstić information content (AvgIpc) is 2.29. The molecule has 1 unspecified atom stereocenters. The number of fused-ring (bicyclic) bond motifs is 1. The summed E-state index contributed by atoms with van der Waals surface area (Å²) in [5, 5.41) is 14.7. The van der Waals surface area contributed by atoms with Crippen LogP contribution >= 0.6 is 0 Å². The number of carboxylic acid groups (broad SMARTS) is 1. The predicted octanol–water partition coefficient (Wildman–Crippen LogP) is 0.412. The Morgan fingerprint density at radius 2 is 2.19 bits per heavy atom. The number of carboxylic acids is 1. The number of rotatable bonds is 2. The monoisotopic (exact) mass is 219 g/mol. The molecule has 1 atom stereocenters. The molecule has 1 aliphatic heterocycles. The highest BCUT2D eigenvalue weighted by Crippen LogP contribution is 2.31. The van der Waals surface area contributed by atoms with E-state index in [1.165, 1.54) is 6.08 Å². The molecule has 0 spiro atoms. The van der Waals surface area contributed by atoms with Gasteiger partial charge in [0.2, 0.25) is 0 Å². The van der Waals surface area contributed by atoms with Crippen molar-refractivity contribution < 1.29 is 9.90 Å². The molecule has 0 saturated heterocycles. The number of nitrogens with one attached hydrogen (secondary N) is 2. The molecular weight excluding hydrogens is 206 g/mol. The van der Waals surface area contributed by atoms with E-state index < -0.39 is 11.6 Å². The summed E-state index contributed by atoms with van der Waals surface area (Å²) < 4.78 is 0. The summed E-state index contributed by atoms with van der Waals surface area (Å²) in [6, 6.07) is 7.34. The van der Waals surface area contributed by atoms with E-state index in [2.05, 4.69) is 10.6 Å². The number of nitrogens with two attached hydrogens (primary N) is 1. The van der Waals surface area contributed by atoms with Crippen molar-refractivity contribution in [2.45, 2.75) is 5.66 Å². The highest BCUT2D eigenvalue weighted by atomic mass is 16.4. The maximum absolute atomic E-state index is 11.0. The lowest BCUT2D eigenvalue weighted by Gasteiger charge is -2.33. The maximum Gasteiger partial charge on any atom is 0.352 e. The molecule has 1 heterocycles. The first-order valence-corrected chi connectivity index (χ1v) is 4.87. The summed E-state index contributed by atoms with van der Waals surface area (Å²) in [6.07, 6.45) is 1.47. The van der Waals surface area contributed by atoms with Crippen LogP contribution in [0.1, 0.15) is 5.56 Å². The Balaban J connectivity index is 2.56. The fraction of sp³-hybridized carbons (Fsp3) is 0.182. The third-order valence-corrected chi connectivity index (χ3v) is 2.66. The summed E-state index contributed by atoms with van der Waals surface area (Å²) in [7, 11) is 1.69. The SMILES string of the molecule is CNC1(N)C=C(C(=O)O)Nc2ccccc21. The van der Waals surface area contributed by atoms with E-state index in [0.717, 1.165) is 5.56 Å². The molecule has 0 amide bonds. The van der Waals surface area contributed by atoms with Gasteiger partial charge >= 0.3 is 5.97 Å². The van der Waals surface area contributed by atoms with Crippen LogP contribution in [0.2, 0.25) is 0 Å². The minimum absolute atomic E-state index is 0.0792. The van der Waals surface area contributed by atoms with Crippen molar-refractivity contribution in [3.05, 3.63) is 41.6 Å². The predicted molar refractivity (Wildman–Crippen MR) is 60.7 cm³/mol. The van der Waals surface area contributed by atoms with Crippen molar-refractivity contribution in [1.82, 2.24) is 5.32 Å². The Morgan fingerprint density at radius 3 is 2.81 bits per heavy atom. The lowest BCUT2D eigenvalue weighted by molar-refractivity contribution is -0.132. The summed E-state index contributed by atoms with van der Waals surface area (Å²) in [6.45, 7) is 0. The number of para-hydroxylation sites is 1. The van der Waals surface area contributed by atoms with Crippen molar-refractivity contribution >= 4 is 11.7 Å². The second-order valence-electron chi connectivity index (χ2n) is 3.65. The highest BCUT2D eigenvalue weighted by molar-refractivity contribution is 5.92. The van der Waals surface area contributed by atoms with Crippen LogP contribution in [0.15, 0.2) is 36.0 Å². The van der Waals surface area contributed by atoms with Crippen LogP contribution in [0.5, 0.6) is 0 Å². The Bertz CT molecular complexity index is 470. The van der Waals surface area contributed by atoms with Crippen LogP contribution in [-0.2, 0) is 10.5 Å². The van der Waals surface area contributed by atoms with Crippen molar-refractivity contribution in [3.8, 4) is 0 Å². The standard InChI is InChI=1S/C11H13N3O2/c1-13-11(12)6-9(10(15)16)14-8-5-3-2-4-7(8)11/h2-6,13-14H,12H2,1H3,(H,15,16). The third kappa shape index (κ3) is 1.56. The molecule has 2 rings (SSSR count). The largest absolute Gasteiger partial charge is 0.477 e. The summed E-state index contributed by atoms with van der Waals surface area (Å²) in [4.78, 5) is 11.0. The first-order valence-electron chi connectivity index (χ1n) is 4.87. The topological polar surface area (TPSA) is 87.4 Å². The molecule has 0 aliphatic carbocycles. The molecule has 5 N–H and O–H groups in total. The second-order valence-corrected chi connectivity index (χ2v) is 3.65. The van der Waals surface area contributed by atoms with Crippen LogP contribution in [0.3, 0.4) is 0 Å². The first kappa shape index (κ1) is 10.7. The molecule has 1 aromatic rings. The van der Waals surface area contributed by atoms with Gasteiger partial charge in [-0.2, -0.15) is 0 Å². The molecule has 0 bridgehead atoms. The Hall–Kier alpha value is -1.85. The molecule has 84 valence electrons. The van der Waals surface area contributed by atoms with Gasteiger partial charge in [0.1, 0.15) is 11.4 Å². The Labute approximate surface area is 93.0 Å². The molecule has 1 aliphatic rings. The van der Waals surface area contributed by atoms with E-state index in [1.807, 2.05) is 18.2 Å². The zero-order chi connectivity index (χ0) is 11.8. The average molecular weight is 219 g/mol. The minimum Gasteiger partial charge on any atom is -0.477 e. The molecule has 5 heteroatoms. The van der Waals surface area contributed by atoms with E-state index in [-0.39, 0.29) is 5.70 Å². The molecular formula is C11H13N3O2. The number of anilines is 1. The van der Waals surface area contributed by atoms with Gasteiger partial charge in [0.25, 0.3) is 0 Å². The summed E-state index contributed by atoms with van der Waals surface area (Å²) in [5.41, 5.74) is 6.77. The first-order chi connectivity index (χ1) is 7.57. The normalized spacial score (nSPS) is 23.0. The zero-order valence-corrected chi connectivity index (χ0v) is 8.82. The van der Waals surface area contributed by atoms with Gasteiger partial charge in [-0.05, 0) is 19.2 Å². The fourth-order valence-electron chi connectivity index (χ4n) is 1.76. The van der Waals surface area contributed by atoms with E-state index in [1.54, 1.807) is 13.1 Å². The van der Waals surface area contributed by atoms with Crippen molar-refractivity contribution in [2.24, 2.45) is 5.73 Å². The van der Waals surface area contributed by atoms with Crippen LogP contribution in [-0.4, -0.2) is 18.1 Å². The van der Waals surface area contributed by atoms with Gasteiger partial charge in [0.05, 0.1) is 0 Å². The summed E-state index contributed by atoms with van der Waals surface area (Å²) >= 11 is 0. The second kappa shape index (κ2) is 3.62. The van der Waals surface area contributed by atoms with Gasteiger partial charge in [-0.25, -0.2) is 4.79 Å². The van der Waals surface area contributed by atoms with E-state index in [0.29, 0.717) is 5.69 Å². The molecule has 5 nitrogen and oxygen atoms in total. The molecule has 0 radical (unpaired) electrons. The van der Waals surface area contributed by atoms with Crippen molar-refractivity contribution in [1.29, 1.82) is 0 Å². The van der Waals surface area contributed by atoms with Crippen molar-refractivity contribution in [2.75, 3.05) is 12.4 Å². The van der Waals surface area contributed by atoms with Crippen LogP contribution < -0.4 is 16.4 Å². The molecule has 0 saturated carbocycles. The number of hydrogen-bond acceptors (Lipinski definition) is 4. The van der Waals surface area contributed by atoms with Crippen LogP contribution in [0.4, 0.5) is 5.69 Å². The number of aliphatic carboxylic acids is 1. The fourth-order valence-corrected chi connectivity index (χ4v) is 1.76. The smallest absolute Gasteiger partial charge is 0.352 e. The van der Waals surface area contributed by atoms with Gasteiger partial charge < -0.3 is 16.2 Å².